The van der Waals surface area contributed by atoms with Crippen LogP contribution in [0.25, 0.3) is 0 Å². The number of hydrogen-bond donors (Lipinski definition) is 0. The van der Waals surface area contributed by atoms with Gasteiger partial charge < -0.3 is 17.7 Å². The molecule has 0 saturated heterocycles. The van der Waals surface area contributed by atoms with E-state index in [1.807, 2.05) is 32.9 Å². The number of rotatable bonds is 4. The van der Waals surface area contributed by atoms with Crippen LogP contribution in [0.3, 0.4) is 0 Å². The number of aryl methyl sites for hydroxylation is 3. The molecule has 0 aliphatic rings. The third-order valence-corrected chi connectivity index (χ3v) is 3.54. The molecule has 0 fully saturated rings. The van der Waals surface area contributed by atoms with Crippen molar-refractivity contribution in [2.24, 2.45) is 0 Å². The van der Waals surface area contributed by atoms with Crippen molar-refractivity contribution in [1.82, 2.24) is 0 Å². The molecule has 2 aromatic rings. The normalized spacial score (nSPS) is 11.1. The molecule has 0 aliphatic carbocycles. The Kier molecular flexibility index (Phi) is 7.35. The van der Waals surface area contributed by atoms with Crippen LogP contribution in [0.1, 0.15) is 22.3 Å². The first kappa shape index (κ1) is 20.7. The van der Waals surface area contributed by atoms with Gasteiger partial charge in [0.2, 0.25) is 0 Å². The third kappa shape index (κ3) is 5.32. The molecule has 0 aromatic heterocycles. The SMILES string of the molecule is Cc1cc(C)c(COc2ccc(F)cc2[B-](F)(F)F)c(C)c1.[K+]. The molecule has 0 radical (unpaired) electrons. The summed E-state index contributed by atoms with van der Waals surface area (Å²) in [7, 11) is 0. The first-order chi connectivity index (χ1) is 10.2. The second kappa shape index (κ2) is 8.16. The quantitative estimate of drug-likeness (QED) is 0.598. The summed E-state index contributed by atoms with van der Waals surface area (Å²) < 4.78 is 57.3. The van der Waals surface area contributed by atoms with E-state index >= 15 is 0 Å². The Bertz CT molecular complexity index is 678. The molecule has 0 saturated carbocycles. The van der Waals surface area contributed by atoms with Gasteiger partial charge in [0.05, 0.1) is 5.75 Å². The molecule has 7 heteroatoms. The molecule has 0 spiro atoms. The molecule has 0 N–H and O–H groups in total. The van der Waals surface area contributed by atoms with Gasteiger partial charge in [0.1, 0.15) is 12.4 Å². The van der Waals surface area contributed by atoms with E-state index in [0.717, 1.165) is 34.4 Å². The molecule has 2 aromatic carbocycles. The Morgan fingerprint density at radius 2 is 1.52 bits per heavy atom. The van der Waals surface area contributed by atoms with Gasteiger partial charge in [0.15, 0.2) is 0 Å². The van der Waals surface area contributed by atoms with E-state index in [4.69, 9.17) is 4.74 Å². The maximum Gasteiger partial charge on any atom is 1.00 e. The van der Waals surface area contributed by atoms with Crippen LogP contribution >= 0.6 is 0 Å². The van der Waals surface area contributed by atoms with Crippen molar-refractivity contribution < 1.29 is 73.5 Å². The fourth-order valence-electron chi connectivity index (χ4n) is 2.49. The predicted octanol–water partition coefficient (Wildman–Crippen LogP) is 1.39. The van der Waals surface area contributed by atoms with Gasteiger partial charge >= 0.3 is 58.4 Å². The smallest absolute Gasteiger partial charge is 0.492 e. The summed E-state index contributed by atoms with van der Waals surface area (Å²) in [5.74, 6) is -1.27. The van der Waals surface area contributed by atoms with Crippen molar-refractivity contribution in [3.8, 4) is 5.75 Å². The predicted molar refractivity (Wildman–Crippen MR) is 80.1 cm³/mol. The van der Waals surface area contributed by atoms with Gasteiger partial charge in [-0.05, 0) is 55.7 Å². The van der Waals surface area contributed by atoms with Crippen molar-refractivity contribution in [1.29, 1.82) is 0 Å². The van der Waals surface area contributed by atoms with Crippen molar-refractivity contribution in [2.75, 3.05) is 0 Å². The number of benzene rings is 2. The van der Waals surface area contributed by atoms with Crippen molar-refractivity contribution in [2.45, 2.75) is 27.4 Å². The molecule has 0 unspecified atom stereocenters. The average molecular weight is 350 g/mol. The minimum atomic E-state index is -5.33. The molecule has 0 bridgehead atoms. The van der Waals surface area contributed by atoms with E-state index in [9.17, 15) is 17.3 Å². The largest absolute Gasteiger partial charge is 1.00 e. The van der Waals surface area contributed by atoms with Crippen LogP contribution in [0.15, 0.2) is 30.3 Å². The van der Waals surface area contributed by atoms with E-state index < -0.39 is 18.3 Å². The van der Waals surface area contributed by atoms with Gasteiger partial charge in [-0.3, -0.25) is 0 Å². The van der Waals surface area contributed by atoms with Gasteiger partial charge in [0.25, 0.3) is 0 Å². The fraction of sp³-hybridized carbons (Fsp3) is 0.250. The van der Waals surface area contributed by atoms with Crippen LogP contribution in [-0.2, 0) is 6.61 Å². The summed E-state index contributed by atoms with van der Waals surface area (Å²) in [6.07, 6.45) is 0. The zero-order valence-corrected chi connectivity index (χ0v) is 16.7. The molecular formula is C16H16BF4KO. The van der Waals surface area contributed by atoms with Gasteiger partial charge in [-0.2, -0.15) is 0 Å². The number of ether oxygens (including phenoxy) is 1. The molecule has 0 aliphatic heterocycles. The number of halogens is 4. The third-order valence-electron chi connectivity index (χ3n) is 3.54. The van der Waals surface area contributed by atoms with E-state index in [-0.39, 0.29) is 63.7 Å². The molecule has 0 atom stereocenters. The second-order valence-electron chi connectivity index (χ2n) is 5.42. The van der Waals surface area contributed by atoms with Gasteiger partial charge in [0, 0.05) is 0 Å². The minimum absolute atomic E-state index is 0. The minimum Gasteiger partial charge on any atom is -0.492 e. The summed E-state index contributed by atoms with van der Waals surface area (Å²) >= 11 is 0. The maximum absolute atomic E-state index is 13.1. The van der Waals surface area contributed by atoms with Crippen LogP contribution in [0.4, 0.5) is 17.3 Å². The zero-order valence-electron chi connectivity index (χ0n) is 13.6. The van der Waals surface area contributed by atoms with Crippen molar-refractivity contribution >= 4 is 12.4 Å². The Morgan fingerprint density at radius 3 is 2.04 bits per heavy atom. The van der Waals surface area contributed by atoms with Crippen LogP contribution in [-0.4, -0.2) is 6.98 Å². The van der Waals surface area contributed by atoms with Crippen molar-refractivity contribution in [3.63, 3.8) is 0 Å². The molecule has 0 heterocycles. The molecule has 23 heavy (non-hydrogen) atoms. The summed E-state index contributed by atoms with van der Waals surface area (Å²) in [6, 6.07) is 6.37. The van der Waals surface area contributed by atoms with E-state index in [1.165, 1.54) is 0 Å². The summed E-state index contributed by atoms with van der Waals surface area (Å²) in [5.41, 5.74) is 2.80. The maximum atomic E-state index is 13.1. The average Bonchev–Trinajstić information content (AvgIpc) is 2.37. The first-order valence-electron chi connectivity index (χ1n) is 6.87. The Labute approximate surface area is 175 Å². The molecular weight excluding hydrogens is 334 g/mol. The second-order valence-corrected chi connectivity index (χ2v) is 5.42. The molecule has 118 valence electrons. The summed E-state index contributed by atoms with van der Waals surface area (Å²) in [6.45, 7) is 0.415. The van der Waals surface area contributed by atoms with Gasteiger partial charge in [-0.15, -0.1) is 0 Å². The Balaban J connectivity index is 0.00000264. The summed E-state index contributed by atoms with van der Waals surface area (Å²) in [4.78, 5) is 0. The first-order valence-corrected chi connectivity index (χ1v) is 6.87. The van der Waals surface area contributed by atoms with E-state index in [2.05, 4.69) is 0 Å². The van der Waals surface area contributed by atoms with Crippen LogP contribution in [0.2, 0.25) is 0 Å². The van der Waals surface area contributed by atoms with Crippen LogP contribution < -0.4 is 61.6 Å². The van der Waals surface area contributed by atoms with E-state index in [0.29, 0.717) is 6.07 Å². The zero-order chi connectivity index (χ0) is 16.5. The summed E-state index contributed by atoms with van der Waals surface area (Å²) in [5, 5.41) is 0. The Morgan fingerprint density at radius 1 is 0.957 bits per heavy atom. The molecule has 1 nitrogen and oxygen atoms in total. The van der Waals surface area contributed by atoms with Crippen molar-refractivity contribution in [3.05, 3.63) is 58.4 Å². The van der Waals surface area contributed by atoms with Gasteiger partial charge in [-0.1, -0.05) is 23.2 Å². The monoisotopic (exact) mass is 350 g/mol. The topological polar surface area (TPSA) is 9.23 Å². The fourth-order valence-corrected chi connectivity index (χ4v) is 2.49. The van der Waals surface area contributed by atoms with Crippen LogP contribution in [0, 0.1) is 26.6 Å². The van der Waals surface area contributed by atoms with Gasteiger partial charge in [-0.25, -0.2) is 4.39 Å². The number of hydrogen-bond acceptors (Lipinski definition) is 1. The standard InChI is InChI=1S/C16H16BF4O.K/c1-10-6-11(2)14(12(3)7-10)9-22-16-5-4-13(18)8-15(16)17(19,20)21;/h4-8H,9H2,1-3H3;/q-1;+1. The Hall–Kier alpha value is -0.339. The van der Waals surface area contributed by atoms with Crippen LogP contribution in [0.5, 0.6) is 5.75 Å². The molecule has 2 rings (SSSR count). The molecule has 0 amide bonds. The van der Waals surface area contributed by atoms with E-state index in [1.54, 1.807) is 0 Å².